The topological polar surface area (TPSA) is 64.3 Å². The third kappa shape index (κ3) is 2.30. The molecule has 0 radical (unpaired) electrons. The molecule has 15 heavy (non-hydrogen) atoms. The summed E-state index contributed by atoms with van der Waals surface area (Å²) in [5.74, 6) is 0.506. The number of carbonyl (C=O) groups is 1. The lowest BCUT2D eigenvalue weighted by Crippen LogP contribution is -2.38. The molecule has 0 fully saturated rings. The maximum atomic E-state index is 11.5. The van der Waals surface area contributed by atoms with E-state index in [0.29, 0.717) is 24.5 Å². The maximum Gasteiger partial charge on any atom is 0.241 e. The van der Waals surface area contributed by atoms with Gasteiger partial charge >= 0.3 is 0 Å². The van der Waals surface area contributed by atoms with E-state index >= 15 is 0 Å². The van der Waals surface area contributed by atoms with Gasteiger partial charge in [0, 0.05) is 10.9 Å². The highest BCUT2D eigenvalue weighted by molar-refractivity contribution is 9.10. The van der Waals surface area contributed by atoms with Crippen molar-refractivity contribution in [3.63, 3.8) is 0 Å². The van der Waals surface area contributed by atoms with Crippen molar-refractivity contribution in [3.05, 3.63) is 22.7 Å². The van der Waals surface area contributed by atoms with Gasteiger partial charge in [0.2, 0.25) is 5.91 Å². The van der Waals surface area contributed by atoms with Crippen LogP contribution in [0, 0.1) is 0 Å². The molecule has 0 bridgehead atoms. The summed E-state index contributed by atoms with van der Waals surface area (Å²) in [4.78, 5) is 11.5. The zero-order valence-corrected chi connectivity index (χ0v) is 9.58. The lowest BCUT2D eigenvalue weighted by atomic mass is 10.2. The minimum atomic E-state index is -0.498. The van der Waals surface area contributed by atoms with E-state index < -0.39 is 6.04 Å². The van der Waals surface area contributed by atoms with Gasteiger partial charge in [-0.25, -0.2) is 0 Å². The van der Waals surface area contributed by atoms with E-state index in [9.17, 15) is 4.79 Å². The Hall–Kier alpha value is -1.07. The van der Waals surface area contributed by atoms with Crippen LogP contribution in [0.5, 0.6) is 5.75 Å². The molecule has 2 rings (SSSR count). The molecule has 0 spiro atoms. The highest BCUT2D eigenvalue weighted by Crippen LogP contribution is 2.29. The fourth-order valence-electron chi connectivity index (χ4n) is 1.37. The van der Waals surface area contributed by atoms with Crippen LogP contribution in [0.1, 0.15) is 6.42 Å². The average molecular weight is 271 g/mol. The third-order valence-corrected chi connectivity index (χ3v) is 2.72. The molecular weight excluding hydrogens is 260 g/mol. The monoisotopic (exact) mass is 270 g/mol. The predicted octanol–water partition coefficient (Wildman–Crippen LogP) is 1.50. The number of nitrogens with two attached hydrogens (primary N) is 1. The molecule has 0 aromatic heterocycles. The second-order valence-corrected chi connectivity index (χ2v) is 4.29. The Bertz CT molecular complexity index is 395. The van der Waals surface area contributed by atoms with Crippen LogP contribution < -0.4 is 15.8 Å². The Morgan fingerprint density at radius 3 is 3.13 bits per heavy atom. The number of hydrogen-bond donors (Lipinski definition) is 2. The van der Waals surface area contributed by atoms with Crippen molar-refractivity contribution in [1.82, 2.24) is 0 Å². The highest BCUT2D eigenvalue weighted by Gasteiger charge is 2.18. The number of fused-ring (bicyclic) bond motifs is 1. The van der Waals surface area contributed by atoms with Crippen LogP contribution in [0.25, 0.3) is 0 Å². The van der Waals surface area contributed by atoms with Crippen molar-refractivity contribution < 1.29 is 9.53 Å². The van der Waals surface area contributed by atoms with E-state index in [0.717, 1.165) is 4.47 Å². The maximum absolute atomic E-state index is 11.5. The summed E-state index contributed by atoms with van der Waals surface area (Å²) in [5.41, 5.74) is 6.30. The van der Waals surface area contributed by atoms with Gasteiger partial charge in [-0.1, -0.05) is 15.9 Å². The molecule has 1 aliphatic rings. The van der Waals surface area contributed by atoms with Gasteiger partial charge in [0.15, 0.2) is 0 Å². The van der Waals surface area contributed by atoms with E-state index in [1.54, 1.807) is 6.07 Å². The number of amides is 1. The Kier molecular flexibility index (Phi) is 2.93. The Morgan fingerprint density at radius 1 is 1.53 bits per heavy atom. The first-order valence-electron chi connectivity index (χ1n) is 4.65. The average Bonchev–Trinajstić information content (AvgIpc) is 2.19. The van der Waals surface area contributed by atoms with E-state index in [-0.39, 0.29) is 5.91 Å². The molecule has 1 aromatic carbocycles. The summed E-state index contributed by atoms with van der Waals surface area (Å²) in [7, 11) is 0. The fourth-order valence-corrected chi connectivity index (χ4v) is 1.71. The quantitative estimate of drug-likeness (QED) is 0.751. The number of carbonyl (C=O) groups excluding carboxylic acids is 1. The van der Waals surface area contributed by atoms with Gasteiger partial charge in [-0.05, 0) is 18.2 Å². The number of rotatable bonds is 0. The summed E-state index contributed by atoms with van der Waals surface area (Å²) in [5, 5.41) is 2.73. The fraction of sp³-hybridized carbons (Fsp3) is 0.300. The Balaban J connectivity index is 2.33. The van der Waals surface area contributed by atoms with E-state index in [2.05, 4.69) is 21.2 Å². The van der Waals surface area contributed by atoms with Gasteiger partial charge in [-0.2, -0.15) is 0 Å². The first kappa shape index (κ1) is 10.4. The van der Waals surface area contributed by atoms with Crippen LogP contribution in [-0.4, -0.2) is 18.6 Å². The normalized spacial score (nSPS) is 20.7. The minimum Gasteiger partial charge on any atom is -0.491 e. The van der Waals surface area contributed by atoms with Crippen molar-refractivity contribution in [1.29, 1.82) is 0 Å². The van der Waals surface area contributed by atoms with E-state index in [1.807, 2.05) is 12.1 Å². The third-order valence-electron chi connectivity index (χ3n) is 2.22. The summed E-state index contributed by atoms with van der Waals surface area (Å²) >= 11 is 3.34. The molecule has 0 saturated carbocycles. The smallest absolute Gasteiger partial charge is 0.241 e. The SMILES string of the molecule is NC1CCOc2cc(Br)ccc2NC1=O. The molecule has 5 heteroatoms. The molecule has 1 unspecified atom stereocenters. The van der Waals surface area contributed by atoms with Crippen molar-refractivity contribution >= 4 is 27.5 Å². The number of nitrogens with one attached hydrogen (secondary N) is 1. The minimum absolute atomic E-state index is 0.165. The van der Waals surface area contributed by atoms with Crippen molar-refractivity contribution in [3.8, 4) is 5.75 Å². The van der Waals surface area contributed by atoms with Crippen molar-refractivity contribution in [2.75, 3.05) is 11.9 Å². The summed E-state index contributed by atoms with van der Waals surface area (Å²) < 4.78 is 6.42. The molecule has 1 amide bonds. The lowest BCUT2D eigenvalue weighted by molar-refractivity contribution is -0.117. The number of ether oxygens (including phenoxy) is 1. The Morgan fingerprint density at radius 2 is 2.33 bits per heavy atom. The summed E-state index contributed by atoms with van der Waals surface area (Å²) in [6.07, 6.45) is 0.526. The van der Waals surface area contributed by atoms with E-state index in [1.165, 1.54) is 0 Å². The van der Waals surface area contributed by atoms with Crippen LogP contribution in [-0.2, 0) is 4.79 Å². The van der Waals surface area contributed by atoms with Crippen molar-refractivity contribution in [2.45, 2.75) is 12.5 Å². The van der Waals surface area contributed by atoms with E-state index in [4.69, 9.17) is 10.5 Å². The molecule has 80 valence electrons. The first-order valence-corrected chi connectivity index (χ1v) is 5.45. The first-order chi connectivity index (χ1) is 7.16. The zero-order valence-electron chi connectivity index (χ0n) is 8.00. The number of benzene rings is 1. The molecule has 1 heterocycles. The molecular formula is C10H11BrN2O2. The standard InChI is InChI=1S/C10H11BrN2O2/c11-6-1-2-8-9(5-6)15-4-3-7(12)10(14)13-8/h1-2,5,7H,3-4,12H2,(H,13,14). The van der Waals surface area contributed by atoms with Crippen LogP contribution in [0.15, 0.2) is 22.7 Å². The zero-order chi connectivity index (χ0) is 10.8. The van der Waals surface area contributed by atoms with Crippen LogP contribution in [0.3, 0.4) is 0 Å². The second-order valence-electron chi connectivity index (χ2n) is 3.37. The molecule has 4 nitrogen and oxygen atoms in total. The highest BCUT2D eigenvalue weighted by atomic mass is 79.9. The van der Waals surface area contributed by atoms with Gasteiger partial charge in [0.1, 0.15) is 5.75 Å². The number of halogens is 1. The predicted molar refractivity (Wildman–Crippen MR) is 60.9 cm³/mol. The largest absolute Gasteiger partial charge is 0.491 e. The molecule has 3 N–H and O–H groups in total. The molecule has 1 atom stereocenters. The van der Waals surface area contributed by atoms with Gasteiger partial charge in [-0.15, -0.1) is 0 Å². The van der Waals surface area contributed by atoms with Gasteiger partial charge in [-0.3, -0.25) is 4.79 Å². The second kappa shape index (κ2) is 4.20. The van der Waals surface area contributed by atoms with Crippen molar-refractivity contribution in [2.24, 2.45) is 5.73 Å². The number of anilines is 1. The number of hydrogen-bond acceptors (Lipinski definition) is 3. The van der Waals surface area contributed by atoms with Gasteiger partial charge < -0.3 is 15.8 Å². The van der Waals surface area contributed by atoms with Crippen LogP contribution >= 0.6 is 15.9 Å². The van der Waals surface area contributed by atoms with Crippen LogP contribution in [0.4, 0.5) is 5.69 Å². The Labute approximate surface area is 95.9 Å². The molecule has 1 aromatic rings. The summed E-state index contributed by atoms with van der Waals surface area (Å²) in [6.45, 7) is 0.456. The lowest BCUT2D eigenvalue weighted by Gasteiger charge is -2.19. The summed E-state index contributed by atoms with van der Waals surface area (Å²) in [6, 6.07) is 4.96. The molecule has 0 saturated heterocycles. The molecule has 1 aliphatic heterocycles. The van der Waals surface area contributed by atoms with Gasteiger partial charge in [0.05, 0.1) is 18.3 Å². The molecule has 0 aliphatic carbocycles. The van der Waals surface area contributed by atoms with Crippen LogP contribution in [0.2, 0.25) is 0 Å². The van der Waals surface area contributed by atoms with Gasteiger partial charge in [0.25, 0.3) is 0 Å².